The lowest BCUT2D eigenvalue weighted by atomic mass is 10.3. The third kappa shape index (κ3) is 7.12. The number of anilines is 1. The SMILES string of the molecule is CC(C)Oc1ccc(NC(N)=NCCCOc2ccc(F)cc2)cc1. The number of aliphatic imine (C=N–C) groups is 1. The van der Waals surface area contributed by atoms with Gasteiger partial charge in [0, 0.05) is 18.7 Å². The Morgan fingerprint density at radius 3 is 2.36 bits per heavy atom. The highest BCUT2D eigenvalue weighted by molar-refractivity contribution is 5.92. The minimum absolute atomic E-state index is 0.141. The first kappa shape index (κ1) is 18.6. The van der Waals surface area contributed by atoms with Crippen molar-refractivity contribution in [1.82, 2.24) is 0 Å². The van der Waals surface area contributed by atoms with Gasteiger partial charge in [-0.3, -0.25) is 4.99 Å². The van der Waals surface area contributed by atoms with E-state index in [1.165, 1.54) is 12.1 Å². The van der Waals surface area contributed by atoms with Crippen molar-refractivity contribution in [1.29, 1.82) is 0 Å². The van der Waals surface area contributed by atoms with Crippen LogP contribution in [0.3, 0.4) is 0 Å². The Balaban J connectivity index is 1.69. The summed E-state index contributed by atoms with van der Waals surface area (Å²) in [4.78, 5) is 4.25. The first-order chi connectivity index (χ1) is 12.0. The summed E-state index contributed by atoms with van der Waals surface area (Å²) in [6, 6.07) is 13.5. The van der Waals surface area contributed by atoms with E-state index < -0.39 is 0 Å². The number of guanidine groups is 1. The lowest BCUT2D eigenvalue weighted by molar-refractivity contribution is 0.242. The number of nitrogens with two attached hydrogens (primary N) is 1. The summed E-state index contributed by atoms with van der Waals surface area (Å²) in [5, 5.41) is 3.03. The average molecular weight is 345 g/mol. The van der Waals surface area contributed by atoms with Crippen molar-refractivity contribution >= 4 is 11.6 Å². The Hall–Kier alpha value is -2.76. The number of hydrogen-bond donors (Lipinski definition) is 2. The van der Waals surface area contributed by atoms with Crippen LogP contribution in [0.2, 0.25) is 0 Å². The maximum Gasteiger partial charge on any atom is 0.193 e. The Labute approximate surface area is 147 Å². The van der Waals surface area contributed by atoms with Crippen molar-refractivity contribution in [2.75, 3.05) is 18.5 Å². The number of ether oxygens (including phenoxy) is 2. The molecule has 2 aromatic rings. The first-order valence-corrected chi connectivity index (χ1v) is 8.25. The molecule has 2 aromatic carbocycles. The zero-order valence-electron chi connectivity index (χ0n) is 14.5. The van der Waals surface area contributed by atoms with E-state index in [-0.39, 0.29) is 11.9 Å². The van der Waals surface area contributed by atoms with Gasteiger partial charge in [-0.05, 0) is 62.4 Å². The van der Waals surface area contributed by atoms with Crippen LogP contribution in [0.1, 0.15) is 20.3 Å². The van der Waals surface area contributed by atoms with Crippen LogP contribution in [0.5, 0.6) is 11.5 Å². The van der Waals surface area contributed by atoms with Crippen LogP contribution in [0.15, 0.2) is 53.5 Å². The summed E-state index contributed by atoms with van der Waals surface area (Å²) >= 11 is 0. The van der Waals surface area contributed by atoms with E-state index in [0.717, 1.165) is 11.4 Å². The molecule has 134 valence electrons. The number of hydrogen-bond acceptors (Lipinski definition) is 3. The molecular formula is C19H24FN3O2. The highest BCUT2D eigenvalue weighted by atomic mass is 19.1. The molecule has 0 bridgehead atoms. The van der Waals surface area contributed by atoms with E-state index in [0.29, 0.717) is 31.3 Å². The van der Waals surface area contributed by atoms with E-state index in [9.17, 15) is 4.39 Å². The van der Waals surface area contributed by atoms with Gasteiger partial charge in [0.05, 0.1) is 12.7 Å². The second-order valence-corrected chi connectivity index (χ2v) is 5.74. The standard InChI is InChI=1S/C19H24FN3O2/c1-14(2)25-18-10-6-16(7-11-18)23-19(21)22-12-3-13-24-17-8-4-15(20)5-9-17/h4-11,14H,3,12-13H2,1-2H3,(H3,21,22,23). The summed E-state index contributed by atoms with van der Waals surface area (Å²) in [5.74, 6) is 1.52. The Kier molecular flexibility index (Phi) is 7.07. The number of benzene rings is 2. The lowest BCUT2D eigenvalue weighted by Gasteiger charge is -2.11. The van der Waals surface area contributed by atoms with E-state index in [1.807, 2.05) is 38.1 Å². The van der Waals surface area contributed by atoms with Gasteiger partial charge in [0.2, 0.25) is 0 Å². The van der Waals surface area contributed by atoms with Crippen LogP contribution in [-0.2, 0) is 0 Å². The number of nitrogens with one attached hydrogen (secondary N) is 1. The third-order valence-electron chi connectivity index (χ3n) is 3.17. The topological polar surface area (TPSA) is 68.9 Å². The van der Waals surface area contributed by atoms with Gasteiger partial charge in [0.15, 0.2) is 5.96 Å². The van der Waals surface area contributed by atoms with E-state index in [1.54, 1.807) is 12.1 Å². The molecule has 0 saturated carbocycles. The molecule has 0 aromatic heterocycles. The quantitative estimate of drug-likeness (QED) is 0.434. The fourth-order valence-corrected chi connectivity index (χ4v) is 2.06. The van der Waals surface area contributed by atoms with Gasteiger partial charge >= 0.3 is 0 Å². The molecule has 0 saturated heterocycles. The minimum atomic E-state index is -0.278. The molecule has 0 spiro atoms. The Morgan fingerprint density at radius 2 is 1.72 bits per heavy atom. The van der Waals surface area contributed by atoms with Crippen molar-refractivity contribution in [3.8, 4) is 11.5 Å². The highest BCUT2D eigenvalue weighted by Crippen LogP contribution is 2.16. The molecule has 3 N–H and O–H groups in total. The molecular weight excluding hydrogens is 321 g/mol. The molecule has 0 aliphatic rings. The van der Waals surface area contributed by atoms with Gasteiger partial charge < -0.3 is 20.5 Å². The molecule has 0 fully saturated rings. The highest BCUT2D eigenvalue weighted by Gasteiger charge is 1.99. The van der Waals surface area contributed by atoms with Crippen molar-refractivity contribution in [2.45, 2.75) is 26.4 Å². The summed E-state index contributed by atoms with van der Waals surface area (Å²) in [6.07, 6.45) is 0.851. The van der Waals surface area contributed by atoms with Gasteiger partial charge in [0.1, 0.15) is 17.3 Å². The van der Waals surface area contributed by atoms with Crippen LogP contribution < -0.4 is 20.5 Å². The van der Waals surface area contributed by atoms with E-state index in [2.05, 4.69) is 10.3 Å². The van der Waals surface area contributed by atoms with Crippen molar-refractivity contribution in [2.24, 2.45) is 10.7 Å². The fourth-order valence-electron chi connectivity index (χ4n) is 2.06. The van der Waals surface area contributed by atoms with Crippen LogP contribution >= 0.6 is 0 Å². The molecule has 0 amide bonds. The number of halogens is 1. The summed E-state index contributed by atoms with van der Waals surface area (Å²) in [5.41, 5.74) is 6.71. The van der Waals surface area contributed by atoms with E-state index in [4.69, 9.17) is 15.2 Å². The molecule has 0 unspecified atom stereocenters. The summed E-state index contributed by atoms with van der Waals surface area (Å²) in [7, 11) is 0. The van der Waals surface area contributed by atoms with Gasteiger partial charge in [0.25, 0.3) is 0 Å². The summed E-state index contributed by atoms with van der Waals surface area (Å²) in [6.45, 7) is 4.99. The van der Waals surface area contributed by atoms with Crippen LogP contribution in [0, 0.1) is 5.82 Å². The van der Waals surface area contributed by atoms with Crippen molar-refractivity contribution < 1.29 is 13.9 Å². The maximum absolute atomic E-state index is 12.8. The van der Waals surface area contributed by atoms with Gasteiger partial charge in [-0.2, -0.15) is 0 Å². The zero-order valence-corrected chi connectivity index (χ0v) is 14.5. The lowest BCUT2D eigenvalue weighted by Crippen LogP contribution is -2.23. The molecule has 0 atom stereocenters. The number of rotatable bonds is 8. The van der Waals surface area contributed by atoms with Crippen LogP contribution in [-0.4, -0.2) is 25.2 Å². The molecule has 0 aliphatic carbocycles. The molecule has 0 aliphatic heterocycles. The average Bonchev–Trinajstić information content (AvgIpc) is 2.57. The predicted octanol–water partition coefficient (Wildman–Crippen LogP) is 3.81. The first-order valence-electron chi connectivity index (χ1n) is 8.25. The van der Waals surface area contributed by atoms with E-state index >= 15 is 0 Å². The Bertz CT molecular complexity index is 670. The molecule has 0 heterocycles. The van der Waals surface area contributed by atoms with Gasteiger partial charge in [-0.1, -0.05) is 0 Å². The summed E-state index contributed by atoms with van der Waals surface area (Å²) < 4.78 is 23.9. The zero-order chi connectivity index (χ0) is 18.1. The minimum Gasteiger partial charge on any atom is -0.494 e. The molecule has 2 rings (SSSR count). The second kappa shape index (κ2) is 9.52. The predicted molar refractivity (Wildman–Crippen MR) is 98.8 cm³/mol. The van der Waals surface area contributed by atoms with Crippen molar-refractivity contribution in [3.63, 3.8) is 0 Å². The fraction of sp³-hybridized carbons (Fsp3) is 0.316. The Morgan fingerprint density at radius 1 is 1.08 bits per heavy atom. The third-order valence-corrected chi connectivity index (χ3v) is 3.17. The van der Waals surface area contributed by atoms with Gasteiger partial charge in [-0.15, -0.1) is 0 Å². The largest absolute Gasteiger partial charge is 0.494 e. The monoisotopic (exact) mass is 345 g/mol. The van der Waals surface area contributed by atoms with Crippen LogP contribution in [0.4, 0.5) is 10.1 Å². The van der Waals surface area contributed by atoms with Crippen LogP contribution in [0.25, 0.3) is 0 Å². The molecule has 0 radical (unpaired) electrons. The maximum atomic E-state index is 12.8. The smallest absolute Gasteiger partial charge is 0.193 e. The number of nitrogens with zero attached hydrogens (tertiary/aromatic N) is 1. The molecule has 25 heavy (non-hydrogen) atoms. The second-order valence-electron chi connectivity index (χ2n) is 5.74. The van der Waals surface area contributed by atoms with Crippen molar-refractivity contribution in [3.05, 3.63) is 54.3 Å². The normalized spacial score (nSPS) is 11.4. The molecule has 6 heteroatoms. The van der Waals surface area contributed by atoms with Gasteiger partial charge in [-0.25, -0.2) is 4.39 Å². The molecule has 5 nitrogen and oxygen atoms in total.